The summed E-state index contributed by atoms with van der Waals surface area (Å²) in [5, 5.41) is 2.94. The first-order chi connectivity index (χ1) is 15.4. The Bertz CT molecular complexity index is 1190. The van der Waals surface area contributed by atoms with Crippen molar-refractivity contribution in [1.82, 2.24) is 9.21 Å². The molecule has 7 heteroatoms. The summed E-state index contributed by atoms with van der Waals surface area (Å²) in [7, 11) is -3.46. The van der Waals surface area contributed by atoms with Gasteiger partial charge in [-0.05, 0) is 54.4 Å². The van der Waals surface area contributed by atoms with Crippen LogP contribution >= 0.6 is 0 Å². The molecule has 0 aliphatic carbocycles. The second kappa shape index (κ2) is 9.65. The van der Waals surface area contributed by atoms with E-state index in [2.05, 4.69) is 10.2 Å². The highest BCUT2D eigenvalue weighted by Crippen LogP contribution is 2.19. The molecule has 166 valence electrons. The molecule has 1 heterocycles. The molecule has 0 aromatic heterocycles. The summed E-state index contributed by atoms with van der Waals surface area (Å²) in [6.07, 6.45) is 0. The fourth-order valence-corrected chi connectivity index (χ4v) is 5.31. The van der Waals surface area contributed by atoms with Gasteiger partial charge in [0.2, 0.25) is 10.0 Å². The number of rotatable bonds is 6. The molecule has 1 aliphatic heterocycles. The van der Waals surface area contributed by atoms with E-state index < -0.39 is 10.0 Å². The predicted molar refractivity (Wildman–Crippen MR) is 126 cm³/mol. The third-order valence-electron chi connectivity index (χ3n) is 5.58. The fraction of sp³-hybridized carbons (Fsp3) is 0.240. The molecule has 0 spiro atoms. The molecule has 0 bridgehead atoms. The molecule has 3 aromatic rings. The Kier molecular flexibility index (Phi) is 6.69. The first-order valence-electron chi connectivity index (χ1n) is 10.7. The molecule has 1 fully saturated rings. The minimum Gasteiger partial charge on any atom is -0.322 e. The molecule has 1 saturated heterocycles. The maximum Gasteiger partial charge on any atom is 0.255 e. The molecule has 6 nitrogen and oxygen atoms in total. The van der Waals surface area contributed by atoms with Gasteiger partial charge in [-0.2, -0.15) is 4.31 Å². The van der Waals surface area contributed by atoms with E-state index in [1.54, 1.807) is 34.6 Å². The van der Waals surface area contributed by atoms with Crippen LogP contribution in [0.15, 0.2) is 83.8 Å². The van der Waals surface area contributed by atoms with Crippen molar-refractivity contribution in [3.05, 3.63) is 95.6 Å². The van der Waals surface area contributed by atoms with E-state index in [0.29, 0.717) is 43.2 Å². The Labute approximate surface area is 189 Å². The molecule has 0 radical (unpaired) electrons. The van der Waals surface area contributed by atoms with E-state index >= 15 is 0 Å². The van der Waals surface area contributed by atoms with Gasteiger partial charge in [0.1, 0.15) is 0 Å². The zero-order chi connectivity index (χ0) is 22.6. The number of amides is 1. The molecule has 4 rings (SSSR count). The molecular formula is C25H27N3O3S. The molecule has 32 heavy (non-hydrogen) atoms. The lowest BCUT2D eigenvalue weighted by Gasteiger charge is -2.34. The van der Waals surface area contributed by atoms with Gasteiger partial charge >= 0.3 is 0 Å². The molecule has 0 unspecified atom stereocenters. The minimum atomic E-state index is -3.46. The van der Waals surface area contributed by atoms with Gasteiger partial charge in [0.15, 0.2) is 0 Å². The van der Waals surface area contributed by atoms with Crippen LogP contribution in [0, 0.1) is 6.92 Å². The summed E-state index contributed by atoms with van der Waals surface area (Å²) in [6, 6.07) is 23.9. The highest BCUT2D eigenvalue weighted by Gasteiger charge is 2.28. The standard InChI is InChI=1S/C25H27N3O3S/c1-20-7-5-10-23(17-20)26-25(29)22-9-6-8-21(18-22)19-27-13-15-28(16-14-27)32(30,31)24-11-3-2-4-12-24/h2-12,17-18H,13-16,19H2,1H3,(H,26,29). The Morgan fingerprint density at radius 3 is 2.31 bits per heavy atom. The van der Waals surface area contributed by atoms with E-state index in [1.807, 2.05) is 55.5 Å². The number of sulfonamides is 1. The molecule has 3 aromatic carbocycles. The van der Waals surface area contributed by atoms with Crippen molar-refractivity contribution in [2.24, 2.45) is 0 Å². The predicted octanol–water partition coefficient (Wildman–Crippen LogP) is 3.75. The Hall–Kier alpha value is -3.00. The minimum absolute atomic E-state index is 0.142. The van der Waals surface area contributed by atoms with Crippen molar-refractivity contribution in [3.63, 3.8) is 0 Å². The highest BCUT2D eigenvalue weighted by atomic mass is 32.2. The molecule has 1 aliphatic rings. The molecule has 0 atom stereocenters. The average Bonchev–Trinajstić information content (AvgIpc) is 2.80. The summed E-state index contributed by atoms with van der Waals surface area (Å²) in [5.74, 6) is -0.142. The van der Waals surface area contributed by atoms with Crippen LogP contribution in [0.2, 0.25) is 0 Å². The van der Waals surface area contributed by atoms with Crippen molar-refractivity contribution in [3.8, 4) is 0 Å². The van der Waals surface area contributed by atoms with Gasteiger partial charge in [0.05, 0.1) is 4.90 Å². The van der Waals surface area contributed by atoms with Crippen molar-refractivity contribution < 1.29 is 13.2 Å². The largest absolute Gasteiger partial charge is 0.322 e. The smallest absolute Gasteiger partial charge is 0.255 e. The lowest BCUT2D eigenvalue weighted by molar-refractivity contribution is 0.102. The van der Waals surface area contributed by atoms with Crippen LogP contribution in [0.1, 0.15) is 21.5 Å². The summed E-state index contributed by atoms with van der Waals surface area (Å²) in [6.45, 7) is 4.85. The lowest BCUT2D eigenvalue weighted by atomic mass is 10.1. The van der Waals surface area contributed by atoms with Gasteiger partial charge in [-0.15, -0.1) is 0 Å². The van der Waals surface area contributed by atoms with E-state index in [0.717, 1.165) is 16.8 Å². The van der Waals surface area contributed by atoms with Gasteiger partial charge in [0.25, 0.3) is 5.91 Å². The molecule has 1 amide bonds. The quantitative estimate of drug-likeness (QED) is 0.622. The fourth-order valence-electron chi connectivity index (χ4n) is 3.86. The number of piperazine rings is 1. The normalized spacial score (nSPS) is 15.4. The van der Waals surface area contributed by atoms with E-state index in [1.165, 1.54) is 0 Å². The van der Waals surface area contributed by atoms with Crippen molar-refractivity contribution >= 4 is 21.6 Å². The van der Waals surface area contributed by atoms with Gasteiger partial charge < -0.3 is 5.32 Å². The maximum atomic E-state index is 12.8. The lowest BCUT2D eigenvalue weighted by Crippen LogP contribution is -2.48. The van der Waals surface area contributed by atoms with Crippen LogP contribution in [0.5, 0.6) is 0 Å². The van der Waals surface area contributed by atoms with Crippen molar-refractivity contribution in [2.75, 3.05) is 31.5 Å². The monoisotopic (exact) mass is 449 g/mol. The second-order valence-corrected chi connectivity index (χ2v) is 9.96. The number of nitrogens with one attached hydrogen (secondary N) is 1. The number of carbonyl (C=O) groups is 1. The number of anilines is 1. The van der Waals surface area contributed by atoms with Gasteiger partial charge in [-0.25, -0.2) is 8.42 Å². The average molecular weight is 450 g/mol. The van der Waals surface area contributed by atoms with E-state index in [4.69, 9.17) is 0 Å². The first kappa shape index (κ1) is 22.2. The zero-order valence-electron chi connectivity index (χ0n) is 18.1. The van der Waals surface area contributed by atoms with Gasteiger partial charge in [-0.1, -0.05) is 42.5 Å². The Balaban J connectivity index is 1.36. The molecule has 0 saturated carbocycles. The maximum absolute atomic E-state index is 12.8. The highest BCUT2D eigenvalue weighted by molar-refractivity contribution is 7.89. The third-order valence-corrected chi connectivity index (χ3v) is 7.50. The van der Waals surface area contributed by atoms with Crippen LogP contribution in [0.25, 0.3) is 0 Å². The number of hydrogen-bond acceptors (Lipinski definition) is 4. The number of aryl methyl sites for hydroxylation is 1. The molecule has 1 N–H and O–H groups in total. The van der Waals surface area contributed by atoms with Crippen LogP contribution in [0.4, 0.5) is 5.69 Å². The summed E-state index contributed by atoms with van der Waals surface area (Å²) < 4.78 is 27.2. The number of hydrogen-bond donors (Lipinski definition) is 1. The SMILES string of the molecule is Cc1cccc(NC(=O)c2cccc(CN3CCN(S(=O)(=O)c4ccccc4)CC3)c2)c1. The first-order valence-corrected chi connectivity index (χ1v) is 12.1. The van der Waals surface area contributed by atoms with Gasteiger partial charge in [-0.3, -0.25) is 9.69 Å². The summed E-state index contributed by atoms with van der Waals surface area (Å²) >= 11 is 0. The van der Waals surface area contributed by atoms with Crippen molar-refractivity contribution in [2.45, 2.75) is 18.4 Å². The second-order valence-electron chi connectivity index (χ2n) is 8.02. The Morgan fingerprint density at radius 2 is 1.59 bits per heavy atom. The summed E-state index contributed by atoms with van der Waals surface area (Å²) in [4.78, 5) is 15.2. The number of nitrogens with zero attached hydrogens (tertiary/aromatic N) is 2. The van der Waals surface area contributed by atoms with E-state index in [9.17, 15) is 13.2 Å². The zero-order valence-corrected chi connectivity index (χ0v) is 18.9. The van der Waals surface area contributed by atoms with Crippen molar-refractivity contribution in [1.29, 1.82) is 0 Å². The van der Waals surface area contributed by atoms with E-state index in [-0.39, 0.29) is 5.91 Å². The molecular weight excluding hydrogens is 422 g/mol. The van der Waals surface area contributed by atoms with Crippen LogP contribution in [0.3, 0.4) is 0 Å². The number of carbonyl (C=O) groups excluding carboxylic acids is 1. The Morgan fingerprint density at radius 1 is 0.875 bits per heavy atom. The number of benzene rings is 3. The topological polar surface area (TPSA) is 69.7 Å². The van der Waals surface area contributed by atoms with Crippen LogP contribution < -0.4 is 5.32 Å². The summed E-state index contributed by atoms with van der Waals surface area (Å²) in [5.41, 5.74) is 3.50. The van der Waals surface area contributed by atoms with Crippen LogP contribution in [-0.2, 0) is 16.6 Å². The van der Waals surface area contributed by atoms with Crippen LogP contribution in [-0.4, -0.2) is 49.7 Å². The third kappa shape index (κ3) is 5.24. The van der Waals surface area contributed by atoms with Gasteiger partial charge in [0, 0.05) is 44.0 Å².